The number of H-pyrrole nitrogens is 1. The molecule has 17 heavy (non-hydrogen) atoms. The van der Waals surface area contributed by atoms with Crippen LogP contribution < -0.4 is 10.3 Å². The van der Waals surface area contributed by atoms with Gasteiger partial charge < -0.3 is 9.72 Å². The average molecular weight is 229 g/mol. The highest BCUT2D eigenvalue weighted by atomic mass is 16.5. The van der Waals surface area contributed by atoms with Gasteiger partial charge in [-0.25, -0.2) is 0 Å². The molecule has 1 aromatic heterocycles. The molecule has 0 aliphatic carbocycles. The number of hydrogen-bond donors (Lipinski definition) is 1. The van der Waals surface area contributed by atoms with Gasteiger partial charge in [0.15, 0.2) is 0 Å². The third-order valence-electron chi connectivity index (χ3n) is 3.42. The van der Waals surface area contributed by atoms with Crippen molar-refractivity contribution in [1.82, 2.24) is 4.98 Å². The van der Waals surface area contributed by atoms with Crippen molar-refractivity contribution < 1.29 is 4.74 Å². The van der Waals surface area contributed by atoms with Crippen LogP contribution in [-0.4, -0.2) is 11.1 Å². The number of hydrogen-bond acceptors (Lipinski definition) is 2. The second-order valence-corrected chi connectivity index (χ2v) is 4.49. The van der Waals surface area contributed by atoms with Gasteiger partial charge in [-0.2, -0.15) is 0 Å². The molecule has 0 fully saturated rings. The minimum Gasteiger partial charge on any atom is -0.489 e. The topological polar surface area (TPSA) is 42.1 Å². The number of ether oxygens (including phenoxy) is 1. The maximum atomic E-state index is 11.9. The summed E-state index contributed by atoms with van der Waals surface area (Å²) in [5.41, 5.74) is 1.65. The molecule has 2 heterocycles. The van der Waals surface area contributed by atoms with Crippen molar-refractivity contribution in [1.29, 1.82) is 0 Å². The third kappa shape index (κ3) is 1.62. The number of pyridine rings is 1. The Morgan fingerprint density at radius 1 is 1.41 bits per heavy atom. The lowest BCUT2D eigenvalue weighted by atomic mass is 10.00. The Morgan fingerprint density at radius 2 is 2.24 bits per heavy atom. The summed E-state index contributed by atoms with van der Waals surface area (Å²) in [5.74, 6) is 0.794. The van der Waals surface area contributed by atoms with Gasteiger partial charge in [0, 0.05) is 5.39 Å². The number of aromatic amines is 1. The monoisotopic (exact) mass is 229 g/mol. The van der Waals surface area contributed by atoms with Gasteiger partial charge in [0.2, 0.25) is 0 Å². The van der Waals surface area contributed by atoms with E-state index in [1.54, 1.807) is 0 Å². The van der Waals surface area contributed by atoms with Gasteiger partial charge in [-0.15, -0.1) is 0 Å². The molecule has 2 aromatic rings. The zero-order valence-electron chi connectivity index (χ0n) is 9.82. The summed E-state index contributed by atoms with van der Waals surface area (Å²) in [6.07, 6.45) is 2.98. The Balaban J connectivity index is 2.27. The Labute approximate surface area is 99.4 Å². The molecule has 0 saturated carbocycles. The highest BCUT2D eigenvalue weighted by Gasteiger charge is 2.22. The van der Waals surface area contributed by atoms with E-state index in [0.29, 0.717) is 0 Å². The van der Waals surface area contributed by atoms with Crippen molar-refractivity contribution >= 4 is 10.9 Å². The van der Waals surface area contributed by atoms with Gasteiger partial charge >= 0.3 is 0 Å². The first kappa shape index (κ1) is 10.4. The smallest absolute Gasteiger partial charge is 0.255 e. The molecule has 0 bridgehead atoms. The van der Waals surface area contributed by atoms with E-state index in [1.807, 2.05) is 24.3 Å². The van der Waals surface area contributed by atoms with Gasteiger partial charge in [0.25, 0.3) is 5.56 Å². The molecule has 0 saturated heterocycles. The lowest BCUT2D eigenvalue weighted by Crippen LogP contribution is -2.27. The molecular weight excluding hydrogens is 214 g/mol. The number of aromatic nitrogens is 1. The maximum Gasteiger partial charge on any atom is 0.255 e. The largest absolute Gasteiger partial charge is 0.489 e. The first-order valence-electron chi connectivity index (χ1n) is 6.10. The van der Waals surface area contributed by atoms with E-state index in [4.69, 9.17) is 4.74 Å². The lowest BCUT2D eigenvalue weighted by Gasteiger charge is -2.25. The summed E-state index contributed by atoms with van der Waals surface area (Å²) in [4.78, 5) is 14.9. The van der Waals surface area contributed by atoms with Gasteiger partial charge in [-0.05, 0) is 31.4 Å². The summed E-state index contributed by atoms with van der Waals surface area (Å²) in [5, 5.41) is 1.01. The van der Waals surface area contributed by atoms with Gasteiger partial charge in [-0.1, -0.05) is 19.1 Å². The van der Waals surface area contributed by atoms with E-state index in [-0.39, 0.29) is 11.7 Å². The molecule has 3 heteroatoms. The van der Waals surface area contributed by atoms with Crippen LogP contribution in [0.2, 0.25) is 0 Å². The molecular formula is C14H15NO2. The van der Waals surface area contributed by atoms with Crippen molar-refractivity contribution in [3.8, 4) is 5.75 Å². The molecule has 1 aromatic carbocycles. The fraction of sp³-hybridized carbons (Fsp3) is 0.357. The summed E-state index contributed by atoms with van der Waals surface area (Å²) in [6.45, 7) is 2.12. The Bertz CT molecular complexity index is 615. The average Bonchev–Trinajstić information content (AvgIpc) is 2.38. The van der Waals surface area contributed by atoms with Crippen molar-refractivity contribution in [2.75, 3.05) is 0 Å². The van der Waals surface area contributed by atoms with Crippen molar-refractivity contribution in [3.05, 3.63) is 40.2 Å². The zero-order chi connectivity index (χ0) is 11.8. The highest BCUT2D eigenvalue weighted by molar-refractivity contribution is 5.86. The second kappa shape index (κ2) is 3.91. The second-order valence-electron chi connectivity index (χ2n) is 4.49. The van der Waals surface area contributed by atoms with E-state index in [2.05, 4.69) is 11.9 Å². The van der Waals surface area contributed by atoms with Crippen molar-refractivity contribution in [2.45, 2.75) is 32.3 Å². The van der Waals surface area contributed by atoms with Crippen LogP contribution in [-0.2, 0) is 6.42 Å². The summed E-state index contributed by atoms with van der Waals surface area (Å²) in [7, 11) is 0. The minimum absolute atomic E-state index is 0.00625. The summed E-state index contributed by atoms with van der Waals surface area (Å²) < 4.78 is 5.96. The molecule has 1 atom stereocenters. The van der Waals surface area contributed by atoms with E-state index in [1.165, 1.54) is 0 Å². The molecule has 1 aliphatic rings. The number of fused-ring (bicyclic) bond motifs is 3. The van der Waals surface area contributed by atoms with E-state index in [9.17, 15) is 4.79 Å². The van der Waals surface area contributed by atoms with Crippen LogP contribution in [0.5, 0.6) is 5.75 Å². The Morgan fingerprint density at radius 3 is 3.06 bits per heavy atom. The molecule has 3 nitrogen and oxygen atoms in total. The lowest BCUT2D eigenvalue weighted by molar-refractivity contribution is 0.171. The molecule has 0 unspecified atom stereocenters. The first-order valence-corrected chi connectivity index (χ1v) is 6.10. The van der Waals surface area contributed by atoms with Crippen molar-refractivity contribution in [2.24, 2.45) is 0 Å². The van der Waals surface area contributed by atoms with Crippen molar-refractivity contribution in [3.63, 3.8) is 0 Å². The molecule has 3 rings (SSSR count). The van der Waals surface area contributed by atoms with Crippen LogP contribution in [0.15, 0.2) is 29.1 Å². The van der Waals surface area contributed by atoms with Crippen LogP contribution in [0.4, 0.5) is 0 Å². The predicted molar refractivity (Wildman–Crippen MR) is 67.6 cm³/mol. The summed E-state index contributed by atoms with van der Waals surface area (Å²) in [6, 6.07) is 7.81. The zero-order valence-corrected chi connectivity index (χ0v) is 9.82. The number of benzene rings is 1. The van der Waals surface area contributed by atoms with E-state index < -0.39 is 0 Å². The summed E-state index contributed by atoms with van der Waals surface area (Å²) >= 11 is 0. The SMILES string of the molecule is CC[C@@H]1CCc2c(c3ccccc3[nH]c2=O)O1. The van der Waals surface area contributed by atoms with Crippen LogP contribution in [0, 0.1) is 0 Å². The quantitative estimate of drug-likeness (QED) is 0.816. The maximum absolute atomic E-state index is 11.9. The molecule has 1 aliphatic heterocycles. The van der Waals surface area contributed by atoms with Gasteiger partial charge in [0.1, 0.15) is 5.75 Å². The van der Waals surface area contributed by atoms with Gasteiger partial charge in [0.05, 0.1) is 17.2 Å². The van der Waals surface area contributed by atoms with Crippen LogP contribution in [0.1, 0.15) is 25.3 Å². The number of nitrogens with one attached hydrogen (secondary N) is 1. The number of para-hydroxylation sites is 1. The van der Waals surface area contributed by atoms with E-state index in [0.717, 1.165) is 41.5 Å². The van der Waals surface area contributed by atoms with Crippen LogP contribution >= 0.6 is 0 Å². The van der Waals surface area contributed by atoms with Crippen LogP contribution in [0.3, 0.4) is 0 Å². The standard InChI is InChI=1S/C14H15NO2/c1-2-9-7-8-11-13(17-9)10-5-3-4-6-12(10)15-14(11)16/h3-6,9H,2,7-8H2,1H3,(H,15,16)/t9-/m1/s1. The fourth-order valence-corrected chi connectivity index (χ4v) is 2.43. The molecule has 0 spiro atoms. The Hall–Kier alpha value is -1.77. The third-order valence-corrected chi connectivity index (χ3v) is 3.42. The number of rotatable bonds is 1. The predicted octanol–water partition coefficient (Wildman–Crippen LogP) is 2.63. The normalized spacial score (nSPS) is 18.8. The molecule has 1 N–H and O–H groups in total. The Kier molecular flexibility index (Phi) is 2.39. The molecule has 88 valence electrons. The van der Waals surface area contributed by atoms with E-state index >= 15 is 0 Å². The highest BCUT2D eigenvalue weighted by Crippen LogP contribution is 2.32. The van der Waals surface area contributed by atoms with Gasteiger partial charge in [-0.3, -0.25) is 4.79 Å². The first-order chi connectivity index (χ1) is 8.29. The van der Waals surface area contributed by atoms with Crippen LogP contribution in [0.25, 0.3) is 10.9 Å². The molecule has 0 amide bonds. The fourth-order valence-electron chi connectivity index (χ4n) is 2.43. The molecule has 0 radical (unpaired) electrons. The minimum atomic E-state index is -0.00625.